The van der Waals surface area contributed by atoms with Crippen molar-refractivity contribution in [1.82, 2.24) is 15.1 Å². The molecule has 0 bridgehead atoms. The minimum Gasteiger partial charge on any atom is -0.452 e. The van der Waals surface area contributed by atoms with Crippen molar-refractivity contribution in [2.75, 3.05) is 11.9 Å². The second kappa shape index (κ2) is 10.1. The van der Waals surface area contributed by atoms with Gasteiger partial charge in [0.25, 0.3) is 5.91 Å². The fraction of sp³-hybridized carbons (Fsp3) is 0.217. The Kier molecular flexibility index (Phi) is 7.27. The molecule has 0 spiro atoms. The number of urea groups is 1. The van der Waals surface area contributed by atoms with Gasteiger partial charge in [-0.25, -0.2) is 14.3 Å². The van der Waals surface area contributed by atoms with Crippen LogP contribution in [-0.2, 0) is 16.1 Å². The van der Waals surface area contributed by atoms with Crippen molar-refractivity contribution in [3.63, 3.8) is 0 Å². The third-order valence-corrected chi connectivity index (χ3v) is 5.27. The Bertz CT molecular complexity index is 1160. The molecule has 166 valence electrons. The van der Waals surface area contributed by atoms with Crippen LogP contribution < -0.4 is 10.6 Å². The number of imide groups is 1. The van der Waals surface area contributed by atoms with Gasteiger partial charge in [0.1, 0.15) is 10.7 Å². The van der Waals surface area contributed by atoms with Crippen molar-refractivity contribution in [2.45, 2.75) is 27.3 Å². The van der Waals surface area contributed by atoms with Crippen LogP contribution in [0.2, 0.25) is 5.15 Å². The molecule has 0 aliphatic carbocycles. The minimum atomic E-state index is -0.795. The van der Waals surface area contributed by atoms with E-state index >= 15 is 0 Å². The third-order valence-electron chi connectivity index (χ3n) is 4.88. The van der Waals surface area contributed by atoms with E-state index < -0.39 is 24.5 Å². The molecule has 2 N–H and O–H groups in total. The van der Waals surface area contributed by atoms with Crippen molar-refractivity contribution in [2.24, 2.45) is 0 Å². The van der Waals surface area contributed by atoms with Gasteiger partial charge >= 0.3 is 12.0 Å². The molecule has 0 saturated heterocycles. The average molecular weight is 455 g/mol. The van der Waals surface area contributed by atoms with Crippen molar-refractivity contribution in [3.8, 4) is 0 Å². The van der Waals surface area contributed by atoms with Crippen LogP contribution in [0.5, 0.6) is 0 Å². The highest BCUT2D eigenvalue weighted by molar-refractivity contribution is 6.32. The lowest BCUT2D eigenvalue weighted by molar-refractivity contribution is -0.123. The molecule has 1 aromatic heterocycles. The number of benzene rings is 2. The molecule has 3 rings (SSSR count). The molecule has 3 amide bonds. The van der Waals surface area contributed by atoms with E-state index in [1.54, 1.807) is 19.1 Å². The van der Waals surface area contributed by atoms with Gasteiger partial charge < -0.3 is 10.1 Å². The van der Waals surface area contributed by atoms with Crippen molar-refractivity contribution >= 4 is 35.2 Å². The Morgan fingerprint density at radius 1 is 1.03 bits per heavy atom. The largest absolute Gasteiger partial charge is 0.452 e. The average Bonchev–Trinajstić information content (AvgIpc) is 3.03. The van der Waals surface area contributed by atoms with E-state index in [9.17, 15) is 14.4 Å². The van der Waals surface area contributed by atoms with Gasteiger partial charge in [0, 0.05) is 5.69 Å². The molecule has 2 aromatic carbocycles. The summed E-state index contributed by atoms with van der Waals surface area (Å²) in [6, 6.07) is 14.2. The Labute approximate surface area is 190 Å². The number of nitrogens with zero attached hydrogens (tertiary/aromatic N) is 2. The molecule has 0 saturated carbocycles. The smallest absolute Gasteiger partial charge is 0.343 e. The number of hydrogen-bond donors (Lipinski definition) is 2. The summed E-state index contributed by atoms with van der Waals surface area (Å²) < 4.78 is 6.53. The second-order valence-electron chi connectivity index (χ2n) is 7.22. The van der Waals surface area contributed by atoms with Crippen molar-refractivity contribution < 1.29 is 19.1 Å². The highest BCUT2D eigenvalue weighted by Crippen LogP contribution is 2.22. The van der Waals surface area contributed by atoms with Crippen LogP contribution in [-0.4, -0.2) is 34.3 Å². The van der Waals surface area contributed by atoms with Crippen LogP contribution in [0.15, 0.2) is 48.5 Å². The van der Waals surface area contributed by atoms with Gasteiger partial charge in [-0.3, -0.25) is 10.1 Å². The number of ether oxygens (including phenoxy) is 1. The minimum absolute atomic E-state index is 0.0789. The number of aromatic nitrogens is 2. The van der Waals surface area contributed by atoms with Crippen LogP contribution in [0.1, 0.15) is 32.7 Å². The topological polar surface area (TPSA) is 102 Å². The second-order valence-corrected chi connectivity index (χ2v) is 7.58. The van der Waals surface area contributed by atoms with E-state index in [0.717, 1.165) is 16.7 Å². The van der Waals surface area contributed by atoms with Crippen LogP contribution in [0, 0.1) is 20.8 Å². The number of aryl methyl sites for hydroxylation is 2. The third kappa shape index (κ3) is 5.53. The molecule has 0 atom stereocenters. The number of carbonyl (C=O) groups is 3. The van der Waals surface area contributed by atoms with Gasteiger partial charge in [0.05, 0.1) is 12.2 Å². The van der Waals surface area contributed by atoms with E-state index in [2.05, 4.69) is 15.7 Å². The number of esters is 1. The number of rotatable bonds is 6. The molecule has 1 heterocycles. The lowest BCUT2D eigenvalue weighted by atomic mass is 10.1. The SMILES string of the molecule is Cc1cccc(NC(=O)NC(=O)COC(=O)c2c(C)nn(Cc3ccccc3)c2Cl)c1C. The number of anilines is 1. The maximum absolute atomic E-state index is 12.5. The van der Waals surface area contributed by atoms with E-state index in [-0.39, 0.29) is 10.7 Å². The van der Waals surface area contributed by atoms with Crippen molar-refractivity contribution in [3.05, 3.63) is 81.6 Å². The first kappa shape index (κ1) is 23.0. The first-order valence-electron chi connectivity index (χ1n) is 9.87. The summed E-state index contributed by atoms with van der Waals surface area (Å²) in [7, 11) is 0. The number of nitrogens with one attached hydrogen (secondary N) is 2. The molecule has 0 unspecified atom stereocenters. The molecule has 32 heavy (non-hydrogen) atoms. The summed E-state index contributed by atoms with van der Waals surface area (Å²) >= 11 is 6.33. The molecule has 0 aliphatic rings. The van der Waals surface area contributed by atoms with Crippen molar-refractivity contribution in [1.29, 1.82) is 0 Å². The van der Waals surface area contributed by atoms with Gasteiger partial charge in [-0.05, 0) is 43.5 Å². The highest BCUT2D eigenvalue weighted by atomic mass is 35.5. The van der Waals surface area contributed by atoms with E-state index in [1.807, 2.05) is 50.2 Å². The zero-order valence-corrected chi connectivity index (χ0v) is 18.7. The fourth-order valence-electron chi connectivity index (χ4n) is 3.05. The van der Waals surface area contributed by atoms with E-state index in [4.69, 9.17) is 16.3 Å². The van der Waals surface area contributed by atoms with Crippen LogP contribution in [0.25, 0.3) is 0 Å². The molecular formula is C23H23ClN4O4. The predicted octanol–water partition coefficient (Wildman–Crippen LogP) is 4.02. The molecule has 0 aliphatic heterocycles. The Balaban J connectivity index is 1.56. The van der Waals surface area contributed by atoms with Crippen LogP contribution in [0.3, 0.4) is 0 Å². The van der Waals surface area contributed by atoms with Crippen LogP contribution in [0.4, 0.5) is 10.5 Å². The lowest BCUT2D eigenvalue weighted by Gasteiger charge is -2.11. The number of carbonyl (C=O) groups excluding carboxylic acids is 3. The quantitative estimate of drug-likeness (QED) is 0.548. The maximum Gasteiger partial charge on any atom is 0.343 e. The maximum atomic E-state index is 12.5. The summed E-state index contributed by atoms with van der Waals surface area (Å²) in [5.41, 5.74) is 3.90. The molecular weight excluding hydrogens is 432 g/mol. The number of halogens is 1. The van der Waals surface area contributed by atoms with Gasteiger partial charge in [0.15, 0.2) is 6.61 Å². The molecule has 3 aromatic rings. The number of hydrogen-bond acceptors (Lipinski definition) is 5. The Morgan fingerprint density at radius 3 is 2.47 bits per heavy atom. The summed E-state index contributed by atoms with van der Waals surface area (Å²) in [6.45, 7) is 5.14. The zero-order chi connectivity index (χ0) is 23.3. The van der Waals surface area contributed by atoms with Gasteiger partial charge in [-0.2, -0.15) is 5.10 Å². The zero-order valence-electron chi connectivity index (χ0n) is 17.9. The summed E-state index contributed by atoms with van der Waals surface area (Å²) in [5, 5.41) is 9.13. The van der Waals surface area contributed by atoms with E-state index in [0.29, 0.717) is 17.9 Å². The standard InChI is InChI=1S/C23H23ClN4O4/c1-14-8-7-11-18(15(14)2)25-23(31)26-19(29)13-32-22(30)20-16(3)27-28(21(20)24)12-17-9-5-4-6-10-17/h4-11H,12-13H2,1-3H3,(H2,25,26,29,31). The Hall–Kier alpha value is -3.65. The normalized spacial score (nSPS) is 10.5. The summed E-state index contributed by atoms with van der Waals surface area (Å²) in [4.78, 5) is 36.6. The van der Waals surface area contributed by atoms with Gasteiger partial charge in [-0.1, -0.05) is 54.1 Å². The lowest BCUT2D eigenvalue weighted by Crippen LogP contribution is -2.37. The summed E-state index contributed by atoms with van der Waals surface area (Å²) in [6.07, 6.45) is 0. The molecule has 9 heteroatoms. The first-order valence-corrected chi connectivity index (χ1v) is 10.2. The molecule has 8 nitrogen and oxygen atoms in total. The van der Waals surface area contributed by atoms with Crippen LogP contribution >= 0.6 is 11.6 Å². The van der Waals surface area contributed by atoms with Gasteiger partial charge in [0.2, 0.25) is 0 Å². The fourth-order valence-corrected chi connectivity index (χ4v) is 3.36. The molecule has 0 fully saturated rings. The first-order chi connectivity index (χ1) is 15.3. The predicted molar refractivity (Wildman–Crippen MR) is 121 cm³/mol. The number of amides is 3. The molecule has 0 radical (unpaired) electrons. The summed E-state index contributed by atoms with van der Waals surface area (Å²) in [5.74, 6) is -1.57. The highest BCUT2D eigenvalue weighted by Gasteiger charge is 2.23. The Morgan fingerprint density at radius 2 is 1.75 bits per heavy atom. The van der Waals surface area contributed by atoms with Gasteiger partial charge in [-0.15, -0.1) is 0 Å². The van der Waals surface area contributed by atoms with E-state index in [1.165, 1.54) is 4.68 Å². The monoisotopic (exact) mass is 454 g/mol.